The third-order valence-electron chi connectivity index (χ3n) is 4.37. The number of carbonyl (C=O) groups is 2. The van der Waals surface area contributed by atoms with Gasteiger partial charge < -0.3 is 10.6 Å². The van der Waals surface area contributed by atoms with E-state index < -0.39 is 0 Å². The van der Waals surface area contributed by atoms with Crippen LogP contribution in [0.15, 0.2) is 58.8 Å². The van der Waals surface area contributed by atoms with Crippen molar-refractivity contribution < 1.29 is 9.59 Å². The first-order valence-corrected chi connectivity index (χ1v) is 11.5. The van der Waals surface area contributed by atoms with Gasteiger partial charge in [-0.05, 0) is 31.5 Å². The summed E-state index contributed by atoms with van der Waals surface area (Å²) >= 11 is 8.97. The number of halogens is 1. The molecule has 156 valence electrons. The third-order valence-corrected chi connectivity index (χ3v) is 6.75. The largest absolute Gasteiger partial charge is 0.350 e. The van der Waals surface area contributed by atoms with Crippen LogP contribution in [-0.2, 0) is 9.59 Å². The fourth-order valence-corrected chi connectivity index (χ4v) is 4.66. The van der Waals surface area contributed by atoms with Gasteiger partial charge in [-0.15, -0.1) is 23.1 Å². The summed E-state index contributed by atoms with van der Waals surface area (Å²) in [6.07, 6.45) is 0. The average molecular weight is 460 g/mol. The predicted molar refractivity (Wildman–Crippen MR) is 125 cm³/mol. The Morgan fingerprint density at radius 3 is 2.47 bits per heavy atom. The molecule has 0 saturated carbocycles. The summed E-state index contributed by atoms with van der Waals surface area (Å²) in [4.78, 5) is 29.2. The number of rotatable bonds is 7. The third kappa shape index (κ3) is 5.84. The minimum Gasteiger partial charge on any atom is -0.350 e. The Labute approximate surface area is 189 Å². The van der Waals surface area contributed by atoms with Crippen molar-refractivity contribution in [1.29, 1.82) is 0 Å². The Bertz CT molecular complexity index is 1040. The van der Waals surface area contributed by atoms with Gasteiger partial charge in [0.2, 0.25) is 11.8 Å². The van der Waals surface area contributed by atoms with Gasteiger partial charge in [0.15, 0.2) is 5.13 Å². The number of nitrogens with one attached hydrogen (secondary N) is 2. The van der Waals surface area contributed by atoms with E-state index in [0.29, 0.717) is 10.2 Å². The van der Waals surface area contributed by atoms with Crippen molar-refractivity contribution in [3.05, 3.63) is 64.5 Å². The molecule has 0 aliphatic carbocycles. The zero-order chi connectivity index (χ0) is 21.7. The fourth-order valence-electron chi connectivity index (χ4n) is 2.79. The molecule has 2 N–H and O–H groups in total. The molecule has 2 aromatic carbocycles. The normalized spacial score (nSPS) is 12.8. The predicted octanol–water partition coefficient (Wildman–Crippen LogP) is 5.78. The summed E-state index contributed by atoms with van der Waals surface area (Å²) in [7, 11) is 0. The Morgan fingerprint density at radius 1 is 1.10 bits per heavy atom. The highest BCUT2D eigenvalue weighted by molar-refractivity contribution is 8.00. The lowest BCUT2D eigenvalue weighted by Crippen LogP contribution is -2.23. The van der Waals surface area contributed by atoms with Crippen LogP contribution in [0, 0.1) is 0 Å². The molecule has 0 unspecified atom stereocenters. The zero-order valence-electron chi connectivity index (χ0n) is 16.8. The SMILES string of the molecule is CC(=O)N[C@@H](C)c1ccc(-c2csc(NC(=O)[C@H](C)Sc3ccccc3Cl)n2)cc1. The van der Waals surface area contributed by atoms with Crippen LogP contribution in [0.5, 0.6) is 0 Å². The summed E-state index contributed by atoms with van der Waals surface area (Å²) < 4.78 is 0. The lowest BCUT2D eigenvalue weighted by Gasteiger charge is -2.13. The molecule has 1 heterocycles. The van der Waals surface area contributed by atoms with E-state index in [1.54, 1.807) is 0 Å². The molecule has 0 spiro atoms. The summed E-state index contributed by atoms with van der Waals surface area (Å²) in [6, 6.07) is 15.3. The van der Waals surface area contributed by atoms with Crippen LogP contribution in [0.1, 0.15) is 32.4 Å². The molecule has 5 nitrogen and oxygen atoms in total. The lowest BCUT2D eigenvalue weighted by atomic mass is 10.1. The van der Waals surface area contributed by atoms with Crippen LogP contribution in [0.4, 0.5) is 5.13 Å². The number of aromatic nitrogens is 1. The maximum atomic E-state index is 12.5. The lowest BCUT2D eigenvalue weighted by molar-refractivity contribution is -0.119. The van der Waals surface area contributed by atoms with Gasteiger partial charge in [-0.25, -0.2) is 4.98 Å². The van der Waals surface area contributed by atoms with Crippen LogP contribution in [0.3, 0.4) is 0 Å². The monoisotopic (exact) mass is 459 g/mol. The van der Waals surface area contributed by atoms with Gasteiger partial charge in [0, 0.05) is 22.8 Å². The van der Waals surface area contributed by atoms with Crippen LogP contribution in [0.2, 0.25) is 5.02 Å². The highest BCUT2D eigenvalue weighted by Crippen LogP contribution is 2.31. The van der Waals surface area contributed by atoms with Gasteiger partial charge in [0.1, 0.15) is 0 Å². The number of benzene rings is 2. The minimum absolute atomic E-state index is 0.0565. The molecule has 8 heteroatoms. The van der Waals surface area contributed by atoms with E-state index >= 15 is 0 Å². The maximum absolute atomic E-state index is 12.5. The van der Waals surface area contributed by atoms with E-state index in [1.807, 2.05) is 67.8 Å². The van der Waals surface area contributed by atoms with Crippen molar-refractivity contribution in [3.63, 3.8) is 0 Å². The van der Waals surface area contributed by atoms with Gasteiger partial charge in [-0.1, -0.05) is 48.0 Å². The number of anilines is 1. The molecule has 0 fully saturated rings. The molecule has 3 aromatic rings. The molecular weight excluding hydrogens is 438 g/mol. The Morgan fingerprint density at radius 2 is 1.80 bits per heavy atom. The number of amides is 2. The Balaban J connectivity index is 1.62. The fraction of sp³-hybridized carbons (Fsp3) is 0.227. The van der Waals surface area contributed by atoms with E-state index in [1.165, 1.54) is 30.0 Å². The van der Waals surface area contributed by atoms with E-state index in [4.69, 9.17) is 11.6 Å². The summed E-state index contributed by atoms with van der Waals surface area (Å²) in [5, 5.41) is 8.53. The summed E-state index contributed by atoms with van der Waals surface area (Å²) in [6.45, 7) is 5.28. The second-order valence-electron chi connectivity index (χ2n) is 6.76. The van der Waals surface area contributed by atoms with E-state index in [2.05, 4.69) is 15.6 Å². The summed E-state index contributed by atoms with van der Waals surface area (Å²) in [5.41, 5.74) is 2.76. The number of carbonyl (C=O) groups excluding carboxylic acids is 2. The van der Waals surface area contributed by atoms with Crippen LogP contribution in [0.25, 0.3) is 11.3 Å². The standard InChI is InChI=1S/C22H22ClN3O2S2/c1-13(24-15(3)27)16-8-10-17(11-9-16)19-12-29-22(25-19)26-21(28)14(2)30-20-7-5-4-6-18(20)23/h4-14H,1-3H3,(H,24,27)(H,25,26,28)/t13-,14-/m0/s1. The zero-order valence-corrected chi connectivity index (χ0v) is 19.2. The van der Waals surface area contributed by atoms with Gasteiger partial charge in [-0.3, -0.25) is 9.59 Å². The van der Waals surface area contributed by atoms with Crippen LogP contribution < -0.4 is 10.6 Å². The van der Waals surface area contributed by atoms with Gasteiger partial charge >= 0.3 is 0 Å². The number of nitrogens with zero attached hydrogens (tertiary/aromatic N) is 1. The van der Waals surface area contributed by atoms with Crippen LogP contribution >= 0.6 is 34.7 Å². The first-order chi connectivity index (χ1) is 14.3. The second-order valence-corrected chi connectivity index (χ2v) is 9.41. The van der Waals surface area contributed by atoms with Crippen LogP contribution in [-0.4, -0.2) is 22.0 Å². The van der Waals surface area contributed by atoms with Gasteiger partial charge in [0.05, 0.1) is 22.0 Å². The first kappa shape index (κ1) is 22.3. The quantitative estimate of drug-likeness (QED) is 0.439. The highest BCUT2D eigenvalue weighted by Gasteiger charge is 2.17. The molecule has 0 bridgehead atoms. The van der Waals surface area contributed by atoms with E-state index in [0.717, 1.165) is 21.7 Å². The second kappa shape index (κ2) is 10.1. The molecule has 1 aromatic heterocycles. The van der Waals surface area contributed by atoms with Crippen molar-refractivity contribution in [3.8, 4) is 11.3 Å². The van der Waals surface area contributed by atoms with Gasteiger partial charge in [-0.2, -0.15) is 0 Å². The van der Waals surface area contributed by atoms with Crippen molar-refractivity contribution in [2.75, 3.05) is 5.32 Å². The number of hydrogen-bond donors (Lipinski definition) is 2. The molecule has 2 amide bonds. The van der Waals surface area contributed by atoms with Crippen molar-refractivity contribution in [2.24, 2.45) is 0 Å². The molecule has 2 atom stereocenters. The average Bonchev–Trinajstić information content (AvgIpc) is 3.17. The van der Waals surface area contributed by atoms with Crippen molar-refractivity contribution in [2.45, 2.75) is 37.0 Å². The molecule has 30 heavy (non-hydrogen) atoms. The Kier molecular flexibility index (Phi) is 7.53. The van der Waals surface area contributed by atoms with E-state index in [-0.39, 0.29) is 23.1 Å². The molecular formula is C22H22ClN3O2S2. The van der Waals surface area contributed by atoms with Gasteiger partial charge in [0.25, 0.3) is 0 Å². The molecule has 3 rings (SSSR count). The number of hydrogen-bond acceptors (Lipinski definition) is 5. The molecule has 0 aliphatic heterocycles. The van der Waals surface area contributed by atoms with E-state index in [9.17, 15) is 9.59 Å². The minimum atomic E-state index is -0.313. The molecule has 0 saturated heterocycles. The van der Waals surface area contributed by atoms with Crippen molar-refractivity contribution >= 4 is 51.6 Å². The topological polar surface area (TPSA) is 71.1 Å². The first-order valence-electron chi connectivity index (χ1n) is 9.38. The molecule has 0 aliphatic rings. The summed E-state index contributed by atoms with van der Waals surface area (Å²) in [5.74, 6) is -0.186. The highest BCUT2D eigenvalue weighted by atomic mass is 35.5. The smallest absolute Gasteiger partial charge is 0.239 e. The maximum Gasteiger partial charge on any atom is 0.239 e. The number of thioether (sulfide) groups is 1. The van der Waals surface area contributed by atoms with Crippen molar-refractivity contribution in [1.82, 2.24) is 10.3 Å². The number of thiazole rings is 1. The Hall–Kier alpha value is -2.35. The molecule has 0 radical (unpaired) electrons.